The maximum atomic E-state index is 13.0. The van der Waals surface area contributed by atoms with Crippen LogP contribution < -0.4 is 10.2 Å². The Labute approximate surface area is 134 Å². The third kappa shape index (κ3) is 2.59. The number of benzene rings is 1. The maximum Gasteiger partial charge on any atom is 0.253 e. The fraction of sp³-hybridized carbons (Fsp3) is 0.500. The largest absolute Gasteiger partial charge is 0.340 e. The molecule has 1 aliphatic heterocycles. The van der Waals surface area contributed by atoms with Gasteiger partial charge < -0.3 is 5.32 Å². The molecular weight excluding hydrogens is 332 g/mol. The first-order valence-electron chi connectivity index (χ1n) is 7.26. The molecule has 2 rings (SSSR count). The van der Waals surface area contributed by atoms with E-state index in [2.05, 4.69) is 21.2 Å². The van der Waals surface area contributed by atoms with Gasteiger partial charge in [-0.05, 0) is 44.4 Å². The molecule has 21 heavy (non-hydrogen) atoms. The summed E-state index contributed by atoms with van der Waals surface area (Å²) in [7, 11) is 0. The van der Waals surface area contributed by atoms with E-state index in [9.17, 15) is 9.59 Å². The second kappa shape index (κ2) is 5.79. The lowest BCUT2D eigenvalue weighted by molar-refractivity contribution is -0.138. The number of rotatable bonds is 3. The number of carbonyl (C=O) groups excluding carboxylic acids is 2. The van der Waals surface area contributed by atoms with E-state index in [0.717, 1.165) is 15.7 Å². The van der Waals surface area contributed by atoms with Gasteiger partial charge in [0.1, 0.15) is 11.6 Å². The highest BCUT2D eigenvalue weighted by Gasteiger charge is 2.47. The molecule has 5 heteroatoms. The molecule has 0 spiro atoms. The lowest BCUT2D eigenvalue weighted by Gasteiger charge is -2.44. The molecule has 2 atom stereocenters. The van der Waals surface area contributed by atoms with Crippen molar-refractivity contribution < 1.29 is 9.59 Å². The average Bonchev–Trinajstić information content (AvgIpc) is 2.46. The number of hydrogen-bond donors (Lipinski definition) is 1. The summed E-state index contributed by atoms with van der Waals surface area (Å²) in [6.45, 7) is 7.58. The molecule has 1 aliphatic rings. The van der Waals surface area contributed by atoms with Crippen LogP contribution in [0.3, 0.4) is 0 Å². The van der Waals surface area contributed by atoms with Crippen LogP contribution in [0, 0.1) is 6.92 Å². The predicted molar refractivity (Wildman–Crippen MR) is 87.3 cm³/mol. The summed E-state index contributed by atoms with van der Waals surface area (Å²) in [5.74, 6) is -0.126. The number of halogens is 1. The lowest BCUT2D eigenvalue weighted by Crippen LogP contribution is -2.69. The van der Waals surface area contributed by atoms with Gasteiger partial charge in [-0.1, -0.05) is 35.8 Å². The number of piperazine rings is 1. The second-order valence-corrected chi connectivity index (χ2v) is 6.51. The van der Waals surface area contributed by atoms with Gasteiger partial charge in [-0.2, -0.15) is 0 Å². The van der Waals surface area contributed by atoms with Gasteiger partial charge in [0, 0.05) is 10.2 Å². The molecule has 0 aliphatic carbocycles. The van der Waals surface area contributed by atoms with Gasteiger partial charge >= 0.3 is 0 Å². The first-order chi connectivity index (χ1) is 9.85. The van der Waals surface area contributed by atoms with Crippen molar-refractivity contribution in [2.45, 2.75) is 52.1 Å². The van der Waals surface area contributed by atoms with Crippen molar-refractivity contribution in [1.29, 1.82) is 0 Å². The van der Waals surface area contributed by atoms with Crippen molar-refractivity contribution in [3.05, 3.63) is 28.2 Å². The molecule has 1 aromatic rings. The van der Waals surface area contributed by atoms with Crippen molar-refractivity contribution in [3.63, 3.8) is 0 Å². The molecule has 0 saturated carbocycles. The third-order valence-corrected chi connectivity index (χ3v) is 5.16. The van der Waals surface area contributed by atoms with E-state index in [-0.39, 0.29) is 11.8 Å². The SMILES string of the molecule is CCC1C(=O)NC(C)(CC)C(=O)N1c1cccc(Br)c1C. The van der Waals surface area contributed by atoms with E-state index in [0.29, 0.717) is 12.8 Å². The van der Waals surface area contributed by atoms with Gasteiger partial charge in [-0.15, -0.1) is 0 Å². The minimum absolute atomic E-state index is 0.0438. The molecule has 0 radical (unpaired) electrons. The Morgan fingerprint density at radius 3 is 2.57 bits per heavy atom. The first kappa shape index (κ1) is 16.0. The van der Waals surface area contributed by atoms with Crippen molar-refractivity contribution in [2.75, 3.05) is 4.90 Å². The molecule has 1 fully saturated rings. The van der Waals surface area contributed by atoms with Crippen LogP contribution in [0.5, 0.6) is 0 Å². The summed E-state index contributed by atoms with van der Waals surface area (Å²) >= 11 is 3.50. The number of nitrogens with one attached hydrogen (secondary N) is 1. The molecule has 4 nitrogen and oxygen atoms in total. The summed E-state index contributed by atoms with van der Waals surface area (Å²) in [5.41, 5.74) is 0.936. The zero-order valence-corrected chi connectivity index (χ0v) is 14.5. The van der Waals surface area contributed by atoms with E-state index in [4.69, 9.17) is 0 Å². The fourth-order valence-electron chi connectivity index (χ4n) is 2.68. The Morgan fingerprint density at radius 2 is 2.00 bits per heavy atom. The Morgan fingerprint density at radius 1 is 1.33 bits per heavy atom. The highest BCUT2D eigenvalue weighted by atomic mass is 79.9. The number of hydrogen-bond acceptors (Lipinski definition) is 2. The Balaban J connectivity index is 2.58. The summed E-state index contributed by atoms with van der Waals surface area (Å²) in [5, 5.41) is 2.89. The van der Waals surface area contributed by atoms with Crippen molar-refractivity contribution in [2.24, 2.45) is 0 Å². The third-order valence-electron chi connectivity index (χ3n) is 4.30. The van der Waals surface area contributed by atoms with Crippen molar-refractivity contribution in [1.82, 2.24) is 5.32 Å². The van der Waals surface area contributed by atoms with Crippen molar-refractivity contribution in [3.8, 4) is 0 Å². The molecule has 1 saturated heterocycles. The number of anilines is 1. The summed E-state index contributed by atoms with van der Waals surface area (Å²) < 4.78 is 0.937. The van der Waals surface area contributed by atoms with Gasteiger partial charge in [-0.25, -0.2) is 0 Å². The summed E-state index contributed by atoms with van der Waals surface area (Å²) in [6.07, 6.45) is 1.15. The number of carbonyl (C=O) groups is 2. The molecule has 114 valence electrons. The monoisotopic (exact) mass is 352 g/mol. The van der Waals surface area contributed by atoms with Crippen LogP contribution in [0.15, 0.2) is 22.7 Å². The maximum absolute atomic E-state index is 13.0. The quantitative estimate of drug-likeness (QED) is 0.908. The summed E-state index contributed by atoms with van der Waals surface area (Å²) in [6, 6.07) is 5.27. The predicted octanol–water partition coefficient (Wildman–Crippen LogP) is 3.17. The topological polar surface area (TPSA) is 49.4 Å². The highest BCUT2D eigenvalue weighted by molar-refractivity contribution is 9.10. The van der Waals surface area contributed by atoms with E-state index >= 15 is 0 Å². The molecule has 0 bridgehead atoms. The Kier molecular flexibility index (Phi) is 4.42. The first-order valence-corrected chi connectivity index (χ1v) is 8.05. The molecule has 2 amide bonds. The van der Waals surface area contributed by atoms with Crippen LogP contribution in [0.4, 0.5) is 5.69 Å². The Bertz CT molecular complexity index is 588. The molecule has 1 N–H and O–H groups in total. The average molecular weight is 353 g/mol. The Hall–Kier alpha value is -1.36. The summed E-state index contributed by atoms with van der Waals surface area (Å²) in [4.78, 5) is 27.0. The molecule has 2 unspecified atom stereocenters. The zero-order valence-electron chi connectivity index (χ0n) is 12.9. The van der Waals surface area contributed by atoms with E-state index in [1.165, 1.54) is 0 Å². The lowest BCUT2D eigenvalue weighted by atomic mass is 9.90. The normalized spacial score (nSPS) is 26.0. The molecule has 1 heterocycles. The van der Waals surface area contributed by atoms with E-state index in [1.54, 1.807) is 11.8 Å². The van der Waals surface area contributed by atoms with Gasteiger partial charge in [-0.3, -0.25) is 14.5 Å². The smallest absolute Gasteiger partial charge is 0.253 e. The van der Waals surface area contributed by atoms with Crippen LogP contribution >= 0.6 is 15.9 Å². The zero-order chi connectivity index (χ0) is 15.8. The van der Waals surface area contributed by atoms with E-state index in [1.807, 2.05) is 39.0 Å². The molecule has 1 aromatic carbocycles. The minimum Gasteiger partial charge on any atom is -0.340 e. The number of amides is 2. The standard InChI is InChI=1S/C16H21BrN2O2/c1-5-12-14(20)18-16(4,6-2)15(21)19(12)13-9-7-8-11(17)10(13)3/h7-9,12H,5-6H2,1-4H3,(H,18,20). The highest BCUT2D eigenvalue weighted by Crippen LogP contribution is 2.33. The minimum atomic E-state index is -0.836. The van der Waals surface area contributed by atoms with E-state index < -0.39 is 11.6 Å². The molecule has 0 aromatic heterocycles. The van der Waals surface area contributed by atoms with Crippen LogP contribution in [-0.2, 0) is 9.59 Å². The van der Waals surface area contributed by atoms with Crippen LogP contribution in [0.1, 0.15) is 39.2 Å². The van der Waals surface area contributed by atoms with Gasteiger partial charge in [0.15, 0.2) is 0 Å². The van der Waals surface area contributed by atoms with Gasteiger partial charge in [0.05, 0.1) is 0 Å². The van der Waals surface area contributed by atoms with Crippen LogP contribution in [-0.4, -0.2) is 23.4 Å². The fourth-order valence-corrected chi connectivity index (χ4v) is 3.03. The van der Waals surface area contributed by atoms with Crippen molar-refractivity contribution >= 4 is 33.4 Å². The van der Waals surface area contributed by atoms with Gasteiger partial charge in [0.2, 0.25) is 5.91 Å². The van der Waals surface area contributed by atoms with Crippen LogP contribution in [0.2, 0.25) is 0 Å². The van der Waals surface area contributed by atoms with Gasteiger partial charge in [0.25, 0.3) is 5.91 Å². The molecular formula is C16H21BrN2O2. The second-order valence-electron chi connectivity index (χ2n) is 5.66. The van der Waals surface area contributed by atoms with Crippen LogP contribution in [0.25, 0.3) is 0 Å². The number of nitrogens with zero attached hydrogens (tertiary/aromatic N) is 1.